The largest absolute Gasteiger partial charge is 0.435 e. The average Bonchev–Trinajstić information content (AvgIpc) is 3.20. The first-order chi connectivity index (χ1) is 16.8. The summed E-state index contributed by atoms with van der Waals surface area (Å²) in [6.07, 6.45) is -10.8. The third kappa shape index (κ3) is 4.17. The molecule has 36 heavy (non-hydrogen) atoms. The number of hydrogen-bond acceptors (Lipinski definition) is 5. The van der Waals surface area contributed by atoms with E-state index in [-0.39, 0.29) is 11.4 Å². The van der Waals surface area contributed by atoms with Crippen LogP contribution < -0.4 is 0 Å². The summed E-state index contributed by atoms with van der Waals surface area (Å²) in [6, 6.07) is 13.1. The fraction of sp³-hybridized carbons (Fsp3) is 0.200. The van der Waals surface area contributed by atoms with E-state index in [1.165, 1.54) is 11.3 Å². The highest BCUT2D eigenvalue weighted by Crippen LogP contribution is 2.42. The van der Waals surface area contributed by atoms with Crippen molar-refractivity contribution < 1.29 is 26.3 Å². The lowest BCUT2D eigenvalue weighted by Crippen LogP contribution is -2.21. The summed E-state index contributed by atoms with van der Waals surface area (Å²) >= 11 is 1.35. The number of aromatic nitrogens is 4. The molecule has 0 aliphatic heterocycles. The Morgan fingerprint density at radius 2 is 1.19 bits per heavy atom. The highest BCUT2D eigenvalue weighted by Gasteiger charge is 2.47. The number of rotatable bonds is 2. The van der Waals surface area contributed by atoms with Crippen molar-refractivity contribution in [2.24, 2.45) is 0 Å². The predicted octanol–water partition coefficient (Wildman–Crippen LogP) is 7.93. The lowest BCUT2D eigenvalue weighted by atomic mass is 9.95. The molecule has 0 bridgehead atoms. The van der Waals surface area contributed by atoms with Gasteiger partial charge in [0.15, 0.2) is 22.7 Å². The van der Waals surface area contributed by atoms with Crippen LogP contribution in [0.2, 0.25) is 0 Å². The molecular weight excluding hydrogens is 502 g/mol. The molecular formula is C25H16F6N4S. The lowest BCUT2D eigenvalue weighted by Gasteiger charge is -2.16. The fourth-order valence-electron chi connectivity index (χ4n) is 4.28. The summed E-state index contributed by atoms with van der Waals surface area (Å²) in [5.41, 5.74) is -1.89. The van der Waals surface area contributed by atoms with Crippen molar-refractivity contribution >= 4 is 32.7 Å². The van der Waals surface area contributed by atoms with Crippen molar-refractivity contribution in [1.29, 1.82) is 0 Å². The molecule has 3 aromatic heterocycles. The van der Waals surface area contributed by atoms with Crippen LogP contribution in [0.1, 0.15) is 28.1 Å². The van der Waals surface area contributed by atoms with Gasteiger partial charge in [-0.1, -0.05) is 35.9 Å². The van der Waals surface area contributed by atoms with E-state index in [1.54, 1.807) is 0 Å². The quantitative estimate of drug-likeness (QED) is 0.223. The van der Waals surface area contributed by atoms with Crippen LogP contribution in [0.25, 0.3) is 43.2 Å². The number of nitrogens with zero attached hydrogens (tertiary/aromatic N) is 4. The van der Waals surface area contributed by atoms with Gasteiger partial charge >= 0.3 is 12.4 Å². The predicted molar refractivity (Wildman–Crippen MR) is 126 cm³/mol. The van der Waals surface area contributed by atoms with Gasteiger partial charge < -0.3 is 0 Å². The zero-order chi connectivity index (χ0) is 26.0. The maximum absolute atomic E-state index is 13.5. The molecule has 0 aliphatic rings. The Balaban J connectivity index is 1.90. The first-order valence-corrected chi connectivity index (χ1v) is 11.5. The first kappa shape index (κ1) is 24.1. The van der Waals surface area contributed by atoms with Crippen LogP contribution in [-0.2, 0) is 12.4 Å². The van der Waals surface area contributed by atoms with Gasteiger partial charge in [-0.3, -0.25) is 0 Å². The number of hydrogen-bond donors (Lipinski definition) is 0. The number of halogens is 6. The number of alkyl halides is 6. The van der Waals surface area contributed by atoms with Gasteiger partial charge in [-0.15, -0.1) is 11.3 Å². The molecule has 0 fully saturated rings. The lowest BCUT2D eigenvalue weighted by molar-refractivity contribution is -0.167. The van der Waals surface area contributed by atoms with Crippen LogP contribution in [0.5, 0.6) is 0 Å². The first-order valence-electron chi connectivity index (χ1n) is 10.6. The van der Waals surface area contributed by atoms with Crippen LogP contribution in [0, 0.1) is 20.8 Å². The number of aryl methyl sites for hydroxylation is 3. The van der Waals surface area contributed by atoms with E-state index in [0.717, 1.165) is 26.8 Å². The second kappa shape index (κ2) is 8.22. The maximum atomic E-state index is 13.5. The molecule has 3 heterocycles. The molecule has 184 valence electrons. The minimum Gasteiger partial charge on any atom is -0.223 e. The SMILES string of the molecule is Cc1cc(C)c(-c2nc3nc(C(F)(F)F)c(C(F)(F)F)nc3nc2-c2cc3ccccc3s2)c(C)c1. The molecule has 0 saturated carbocycles. The molecule has 0 unspecified atom stereocenters. The van der Waals surface area contributed by atoms with Crippen molar-refractivity contribution in [3.63, 3.8) is 0 Å². The van der Waals surface area contributed by atoms with Gasteiger partial charge in [0.2, 0.25) is 0 Å². The molecule has 5 aromatic rings. The van der Waals surface area contributed by atoms with E-state index >= 15 is 0 Å². The van der Waals surface area contributed by atoms with E-state index in [9.17, 15) is 26.3 Å². The molecule has 0 N–H and O–H groups in total. The molecule has 0 amide bonds. The summed E-state index contributed by atoms with van der Waals surface area (Å²) in [6.45, 7) is 5.56. The normalized spacial score (nSPS) is 12.6. The molecule has 11 heteroatoms. The van der Waals surface area contributed by atoms with Gasteiger partial charge in [0.1, 0.15) is 11.4 Å². The Morgan fingerprint density at radius 3 is 1.72 bits per heavy atom. The molecule has 0 atom stereocenters. The summed E-state index contributed by atoms with van der Waals surface area (Å²) < 4.78 is 82.0. The van der Waals surface area contributed by atoms with Crippen molar-refractivity contribution in [2.45, 2.75) is 33.1 Å². The Kier molecular flexibility index (Phi) is 5.51. The summed E-state index contributed by atoms with van der Waals surface area (Å²) in [4.78, 5) is 15.8. The third-order valence-corrected chi connectivity index (χ3v) is 6.75. The van der Waals surface area contributed by atoms with Gasteiger partial charge in [0, 0.05) is 10.3 Å². The Hall–Kier alpha value is -3.60. The van der Waals surface area contributed by atoms with E-state index in [4.69, 9.17) is 0 Å². The standard InChI is InChI=1S/C25H16F6N4S/c1-11-8-12(2)17(13(3)9-11)19-18(16-10-14-6-4-5-7-15(14)36-16)32-22-23(33-19)35-21(25(29,30)31)20(34-22)24(26,27)28/h4-10H,1-3H3. The van der Waals surface area contributed by atoms with E-state index in [2.05, 4.69) is 19.9 Å². The summed E-state index contributed by atoms with van der Waals surface area (Å²) in [5, 5.41) is 0.886. The maximum Gasteiger partial charge on any atom is 0.435 e. The van der Waals surface area contributed by atoms with Crippen LogP contribution in [0.4, 0.5) is 26.3 Å². The minimum absolute atomic E-state index is 0.223. The Labute approximate surface area is 204 Å². The topological polar surface area (TPSA) is 51.6 Å². The molecule has 0 spiro atoms. The highest BCUT2D eigenvalue weighted by atomic mass is 32.1. The minimum atomic E-state index is -5.38. The molecule has 0 saturated heterocycles. The van der Waals surface area contributed by atoms with Gasteiger partial charge in [-0.25, -0.2) is 19.9 Å². The average molecular weight is 518 g/mol. The van der Waals surface area contributed by atoms with Crippen molar-refractivity contribution in [3.05, 3.63) is 70.5 Å². The van der Waals surface area contributed by atoms with Crippen LogP contribution in [0.15, 0.2) is 42.5 Å². The highest BCUT2D eigenvalue weighted by molar-refractivity contribution is 7.22. The van der Waals surface area contributed by atoms with Gasteiger partial charge in [-0.2, -0.15) is 26.3 Å². The monoisotopic (exact) mass is 518 g/mol. The fourth-order valence-corrected chi connectivity index (χ4v) is 5.33. The Morgan fingerprint density at radius 1 is 0.667 bits per heavy atom. The smallest absolute Gasteiger partial charge is 0.223 e. The number of thiophene rings is 1. The van der Waals surface area contributed by atoms with E-state index in [0.29, 0.717) is 10.4 Å². The molecule has 2 aromatic carbocycles. The number of benzene rings is 2. The van der Waals surface area contributed by atoms with E-state index in [1.807, 2.05) is 63.2 Å². The van der Waals surface area contributed by atoms with Crippen LogP contribution >= 0.6 is 11.3 Å². The molecule has 4 nitrogen and oxygen atoms in total. The summed E-state index contributed by atoms with van der Waals surface area (Å²) in [7, 11) is 0. The zero-order valence-electron chi connectivity index (χ0n) is 19.0. The second-order valence-corrected chi connectivity index (χ2v) is 9.49. The number of fused-ring (bicyclic) bond motifs is 2. The third-order valence-electron chi connectivity index (χ3n) is 5.63. The van der Waals surface area contributed by atoms with Crippen molar-refractivity contribution in [1.82, 2.24) is 19.9 Å². The van der Waals surface area contributed by atoms with Gasteiger partial charge in [0.05, 0.1) is 4.88 Å². The van der Waals surface area contributed by atoms with Crippen LogP contribution in [0.3, 0.4) is 0 Å². The Bertz CT molecular complexity index is 1600. The van der Waals surface area contributed by atoms with Crippen LogP contribution in [-0.4, -0.2) is 19.9 Å². The van der Waals surface area contributed by atoms with Gasteiger partial charge in [-0.05, 0) is 49.4 Å². The second-order valence-electron chi connectivity index (χ2n) is 8.41. The van der Waals surface area contributed by atoms with Crippen molar-refractivity contribution in [3.8, 4) is 21.8 Å². The molecule has 0 radical (unpaired) electrons. The van der Waals surface area contributed by atoms with Crippen molar-refractivity contribution in [2.75, 3.05) is 0 Å². The zero-order valence-corrected chi connectivity index (χ0v) is 19.8. The van der Waals surface area contributed by atoms with E-state index < -0.39 is 35.0 Å². The molecule has 0 aliphatic carbocycles. The molecule has 5 rings (SSSR count). The van der Waals surface area contributed by atoms with Gasteiger partial charge in [0.25, 0.3) is 0 Å². The summed E-state index contributed by atoms with van der Waals surface area (Å²) in [5.74, 6) is 0.